The Morgan fingerprint density at radius 1 is 1.02 bits per heavy atom. The lowest BCUT2D eigenvalue weighted by atomic mass is 9.93. The lowest BCUT2D eigenvalue weighted by molar-refractivity contribution is -0.129. The maximum atomic E-state index is 13.0. The zero-order valence-electron chi connectivity index (χ0n) is 30.0. The highest BCUT2D eigenvalue weighted by atomic mass is 16.6. The van der Waals surface area contributed by atoms with E-state index in [0.717, 1.165) is 57.3 Å². The van der Waals surface area contributed by atoms with Crippen molar-refractivity contribution >= 4 is 34.7 Å². The number of rotatable bonds is 22. The second-order valence-electron chi connectivity index (χ2n) is 13.2. The zero-order valence-corrected chi connectivity index (χ0v) is 30.0. The van der Waals surface area contributed by atoms with Gasteiger partial charge in [0.1, 0.15) is 18.2 Å². The monoisotopic (exact) mass is 726 g/mol. The van der Waals surface area contributed by atoms with Crippen LogP contribution in [0, 0.1) is 5.92 Å². The molecule has 0 radical (unpaired) electrons. The number of H-pyrrole nitrogens is 1. The summed E-state index contributed by atoms with van der Waals surface area (Å²) in [5, 5.41) is 17.5. The molecule has 1 atom stereocenters. The van der Waals surface area contributed by atoms with Gasteiger partial charge in [-0.05, 0) is 75.1 Å². The Balaban J connectivity index is 1.20. The topological polar surface area (TPSA) is 245 Å². The number of anilines is 1. The van der Waals surface area contributed by atoms with Crippen molar-refractivity contribution in [1.82, 2.24) is 40.4 Å². The van der Waals surface area contributed by atoms with Crippen LogP contribution in [0.4, 0.5) is 5.82 Å². The Morgan fingerprint density at radius 3 is 2.44 bits per heavy atom. The number of amides is 3. The number of likely N-dealkylation sites (tertiary alicyclic amines) is 1. The minimum atomic E-state index is -0.714. The van der Waals surface area contributed by atoms with Crippen LogP contribution in [0.25, 0.3) is 11.2 Å². The fourth-order valence-electron chi connectivity index (χ4n) is 6.16. The van der Waals surface area contributed by atoms with Crippen molar-refractivity contribution in [2.45, 2.75) is 83.8 Å². The van der Waals surface area contributed by atoms with Crippen molar-refractivity contribution < 1.29 is 29.1 Å². The van der Waals surface area contributed by atoms with Crippen LogP contribution in [0.1, 0.15) is 75.8 Å². The molecule has 1 aromatic carbocycles. The lowest BCUT2D eigenvalue weighted by Gasteiger charge is -2.32. The van der Waals surface area contributed by atoms with E-state index in [2.05, 4.69) is 59.7 Å². The van der Waals surface area contributed by atoms with Gasteiger partial charge in [0.2, 0.25) is 17.7 Å². The molecule has 1 saturated heterocycles. The molecule has 2 aromatic heterocycles. The number of benzene rings is 1. The van der Waals surface area contributed by atoms with Gasteiger partial charge in [-0.2, -0.15) is 9.97 Å². The molecule has 1 fully saturated rings. The minimum Gasteiger partial charge on any atom is -0.463 e. The van der Waals surface area contributed by atoms with E-state index in [9.17, 15) is 19.2 Å². The summed E-state index contributed by atoms with van der Waals surface area (Å²) in [6, 6.07) is 7.66. The molecule has 1 aliphatic heterocycles. The van der Waals surface area contributed by atoms with E-state index in [4.69, 9.17) is 21.5 Å². The fourth-order valence-corrected chi connectivity index (χ4v) is 6.16. The number of hydrogen-bond acceptors (Lipinski definition) is 12. The Hall–Kier alpha value is -4.58. The van der Waals surface area contributed by atoms with Gasteiger partial charge in [-0.3, -0.25) is 28.7 Å². The van der Waals surface area contributed by atoms with Gasteiger partial charge in [-0.1, -0.05) is 37.6 Å². The number of nitrogens with zero attached hydrogens (tertiary/aromatic N) is 4. The SMILES string of the molecule is CCCCOc1nc(N)c2[nH]c(=O)n(Cc3ccc(CN4CCC(CCNC(=O)[C@H](CCCCNC(=O)CON)NC(=O)CCO)CC4)cc3)c2n1. The molecule has 4 rings (SSSR count). The second-order valence-corrected chi connectivity index (χ2v) is 13.2. The molecule has 0 unspecified atom stereocenters. The lowest BCUT2D eigenvalue weighted by Crippen LogP contribution is -2.47. The summed E-state index contributed by atoms with van der Waals surface area (Å²) in [5.74, 6) is 4.59. The number of carbonyl (C=O) groups is 3. The van der Waals surface area contributed by atoms with Gasteiger partial charge < -0.3 is 36.5 Å². The van der Waals surface area contributed by atoms with Crippen LogP contribution in [-0.2, 0) is 32.3 Å². The normalized spacial score (nSPS) is 14.3. The van der Waals surface area contributed by atoms with Gasteiger partial charge in [0, 0.05) is 26.1 Å². The van der Waals surface area contributed by atoms with Crippen molar-refractivity contribution in [3.63, 3.8) is 0 Å². The molecule has 3 heterocycles. The minimum absolute atomic E-state index is 0.0735. The number of ether oxygens (including phenoxy) is 1. The Bertz CT molecular complexity index is 1640. The number of carbonyl (C=O) groups excluding carboxylic acids is 3. The number of imidazole rings is 1. The van der Waals surface area contributed by atoms with E-state index in [1.54, 1.807) is 4.57 Å². The third-order valence-electron chi connectivity index (χ3n) is 9.13. The van der Waals surface area contributed by atoms with Crippen LogP contribution in [0.5, 0.6) is 6.01 Å². The van der Waals surface area contributed by atoms with Gasteiger partial charge in [0.15, 0.2) is 11.5 Å². The quantitative estimate of drug-likeness (QED) is 0.0559. The van der Waals surface area contributed by atoms with Crippen molar-refractivity contribution in [2.75, 3.05) is 51.7 Å². The largest absolute Gasteiger partial charge is 0.463 e. The van der Waals surface area contributed by atoms with E-state index in [0.29, 0.717) is 62.6 Å². The molecule has 3 amide bonds. The van der Waals surface area contributed by atoms with Gasteiger partial charge in [-0.15, -0.1) is 0 Å². The van der Waals surface area contributed by atoms with E-state index in [-0.39, 0.29) is 54.9 Å². The first-order chi connectivity index (χ1) is 25.2. The molecule has 9 N–H and O–H groups in total. The molecule has 0 spiro atoms. The molecule has 3 aromatic rings. The Kier molecular flexibility index (Phi) is 16.3. The summed E-state index contributed by atoms with van der Waals surface area (Å²) < 4.78 is 7.19. The summed E-state index contributed by atoms with van der Waals surface area (Å²) in [7, 11) is 0. The highest BCUT2D eigenvalue weighted by Gasteiger charge is 2.23. The number of piperidine rings is 1. The van der Waals surface area contributed by atoms with E-state index >= 15 is 0 Å². The van der Waals surface area contributed by atoms with Crippen LogP contribution in [0.2, 0.25) is 0 Å². The van der Waals surface area contributed by atoms with Gasteiger partial charge in [0.25, 0.3) is 0 Å². The molecule has 0 bridgehead atoms. The fraction of sp³-hybridized carbons (Fsp3) is 0.600. The van der Waals surface area contributed by atoms with Crippen LogP contribution < -0.4 is 38.0 Å². The van der Waals surface area contributed by atoms with Crippen LogP contribution >= 0.6 is 0 Å². The predicted octanol–water partition coefficient (Wildman–Crippen LogP) is 0.691. The van der Waals surface area contributed by atoms with E-state index in [1.165, 1.54) is 5.56 Å². The average Bonchev–Trinajstić information content (AvgIpc) is 3.44. The van der Waals surface area contributed by atoms with Crippen molar-refractivity contribution in [1.29, 1.82) is 0 Å². The van der Waals surface area contributed by atoms with E-state index < -0.39 is 6.04 Å². The van der Waals surface area contributed by atoms with Crippen molar-refractivity contribution in [3.8, 4) is 6.01 Å². The Labute approximate surface area is 303 Å². The van der Waals surface area contributed by atoms with Gasteiger partial charge in [0.05, 0.1) is 19.8 Å². The average molecular weight is 727 g/mol. The molecule has 17 heteroatoms. The Morgan fingerprint density at radius 2 is 1.75 bits per heavy atom. The first kappa shape index (κ1) is 40.2. The molecule has 286 valence electrons. The molecular weight excluding hydrogens is 672 g/mol. The van der Waals surface area contributed by atoms with E-state index in [1.807, 2.05) is 12.1 Å². The number of unbranched alkanes of at least 4 members (excludes halogenated alkanes) is 2. The standard InChI is InChI=1S/C35H54N10O7/c1-2-3-20-51-34-42-31(36)30-32(43-34)45(35(50)41-30)22-26-9-7-25(8-10-26)21-44-17-12-24(13-18-44)11-16-39-33(49)27(40-28(47)14-19-46)6-4-5-15-38-29(48)23-52-37/h7-10,24,27,46H,2-6,11-23,37H2,1H3,(H,38,48)(H,39,49)(H,40,47)(H,41,50)(H2,36,42,43)/t27-/m0/s1. The van der Waals surface area contributed by atoms with Crippen LogP contribution in [-0.4, -0.2) is 99.3 Å². The third kappa shape index (κ3) is 12.6. The number of nitrogens with one attached hydrogen (secondary N) is 4. The maximum Gasteiger partial charge on any atom is 0.328 e. The second kappa shape index (κ2) is 21.1. The number of nitrogens with two attached hydrogens (primary N) is 2. The molecule has 17 nitrogen and oxygen atoms in total. The van der Waals surface area contributed by atoms with Gasteiger partial charge in [-0.25, -0.2) is 10.7 Å². The first-order valence-electron chi connectivity index (χ1n) is 18.2. The van der Waals surface area contributed by atoms with Crippen molar-refractivity contribution in [3.05, 3.63) is 45.9 Å². The third-order valence-corrected chi connectivity index (χ3v) is 9.13. The molecule has 52 heavy (non-hydrogen) atoms. The van der Waals surface area contributed by atoms with Crippen molar-refractivity contribution in [2.24, 2.45) is 11.8 Å². The molecule has 0 saturated carbocycles. The summed E-state index contributed by atoms with van der Waals surface area (Å²) in [5.41, 5.74) is 8.72. The smallest absolute Gasteiger partial charge is 0.328 e. The number of aromatic amines is 1. The number of fused-ring (bicyclic) bond motifs is 1. The molecule has 1 aliphatic rings. The molecular formula is C35H54N10O7. The molecule has 0 aliphatic carbocycles. The number of aliphatic hydroxyl groups excluding tert-OH is 1. The zero-order chi connectivity index (χ0) is 37.3. The number of aliphatic hydroxyl groups is 1. The number of hydrogen-bond donors (Lipinski definition) is 7. The number of aromatic nitrogens is 4. The highest BCUT2D eigenvalue weighted by Crippen LogP contribution is 2.22. The van der Waals surface area contributed by atoms with Crippen LogP contribution in [0.15, 0.2) is 29.1 Å². The maximum absolute atomic E-state index is 13.0. The first-order valence-corrected chi connectivity index (χ1v) is 18.2. The summed E-state index contributed by atoms with van der Waals surface area (Å²) in [4.78, 5) is 67.4. The summed E-state index contributed by atoms with van der Waals surface area (Å²) >= 11 is 0. The summed E-state index contributed by atoms with van der Waals surface area (Å²) in [6.07, 6.45) is 6.28. The van der Waals surface area contributed by atoms with Crippen LogP contribution in [0.3, 0.4) is 0 Å². The van der Waals surface area contributed by atoms with Gasteiger partial charge >= 0.3 is 11.7 Å². The number of nitrogen functional groups attached to an aromatic ring is 1. The summed E-state index contributed by atoms with van der Waals surface area (Å²) in [6.45, 7) is 5.98. The predicted molar refractivity (Wildman–Crippen MR) is 195 cm³/mol. The highest BCUT2D eigenvalue weighted by molar-refractivity contribution is 5.87.